The first-order chi connectivity index (χ1) is 8.50. The van der Waals surface area contributed by atoms with Crippen molar-refractivity contribution < 1.29 is 9.53 Å². The van der Waals surface area contributed by atoms with Gasteiger partial charge in [0.2, 0.25) is 0 Å². The third-order valence-electron chi connectivity index (χ3n) is 3.47. The summed E-state index contributed by atoms with van der Waals surface area (Å²) in [6.07, 6.45) is 2.78. The van der Waals surface area contributed by atoms with E-state index in [1.165, 1.54) is 0 Å². The first-order valence-electron chi connectivity index (χ1n) is 7.25. The minimum absolute atomic E-state index is 0.108. The number of carbonyl (C=O) groups is 1. The predicted octanol–water partition coefficient (Wildman–Crippen LogP) is 3.15. The lowest BCUT2D eigenvalue weighted by Gasteiger charge is -2.44. The van der Waals surface area contributed by atoms with E-state index >= 15 is 0 Å². The maximum atomic E-state index is 12.4. The number of nitrogens with zero attached hydrogens (tertiary/aromatic N) is 1. The summed E-state index contributed by atoms with van der Waals surface area (Å²) in [5.74, 6) is 0. The minimum atomic E-state index is -0.447. The van der Waals surface area contributed by atoms with E-state index in [2.05, 4.69) is 13.8 Å². The fourth-order valence-electron chi connectivity index (χ4n) is 2.59. The van der Waals surface area contributed by atoms with Crippen LogP contribution in [-0.4, -0.2) is 35.2 Å². The van der Waals surface area contributed by atoms with Crippen LogP contribution in [0.15, 0.2) is 0 Å². The summed E-state index contributed by atoms with van der Waals surface area (Å²) in [5, 5.41) is 0. The second-order valence-corrected chi connectivity index (χ2v) is 7.68. The summed E-state index contributed by atoms with van der Waals surface area (Å²) in [7, 11) is 0. The molecule has 0 spiro atoms. The summed E-state index contributed by atoms with van der Waals surface area (Å²) in [6, 6.07) is 0.319. The number of ether oxygens (including phenoxy) is 1. The SMILES string of the molecule is C[C@H](N)CC1CCC(C)(C)CN1C(=O)OC(C)(C)C. The van der Waals surface area contributed by atoms with Crippen molar-refractivity contribution in [3.8, 4) is 0 Å². The molecule has 0 bridgehead atoms. The van der Waals surface area contributed by atoms with Crippen molar-refractivity contribution >= 4 is 6.09 Å². The molecule has 1 aliphatic rings. The summed E-state index contributed by atoms with van der Waals surface area (Å²) in [5.41, 5.74) is 5.61. The third kappa shape index (κ3) is 5.39. The van der Waals surface area contributed by atoms with E-state index in [1.807, 2.05) is 32.6 Å². The van der Waals surface area contributed by atoms with Crippen LogP contribution < -0.4 is 5.73 Å². The monoisotopic (exact) mass is 270 g/mol. The summed E-state index contributed by atoms with van der Waals surface area (Å²) >= 11 is 0. The molecule has 1 rings (SSSR count). The number of nitrogens with two attached hydrogens (primary N) is 1. The highest BCUT2D eigenvalue weighted by Crippen LogP contribution is 2.34. The highest BCUT2D eigenvalue weighted by atomic mass is 16.6. The average Bonchev–Trinajstić information content (AvgIpc) is 2.17. The molecule has 1 fully saturated rings. The topological polar surface area (TPSA) is 55.6 Å². The maximum Gasteiger partial charge on any atom is 0.410 e. The molecule has 0 aromatic carbocycles. The molecule has 2 atom stereocenters. The maximum absolute atomic E-state index is 12.4. The smallest absolute Gasteiger partial charge is 0.410 e. The van der Waals surface area contributed by atoms with Gasteiger partial charge < -0.3 is 15.4 Å². The zero-order valence-electron chi connectivity index (χ0n) is 13.3. The fraction of sp³-hybridized carbons (Fsp3) is 0.933. The van der Waals surface area contributed by atoms with Crippen LogP contribution in [0.5, 0.6) is 0 Å². The lowest BCUT2D eigenvalue weighted by atomic mass is 9.80. The molecule has 0 aliphatic carbocycles. The van der Waals surface area contributed by atoms with Gasteiger partial charge in [-0.3, -0.25) is 0 Å². The molecule has 1 unspecified atom stereocenters. The molecule has 1 aliphatic heterocycles. The first kappa shape index (κ1) is 16.3. The number of likely N-dealkylation sites (tertiary alicyclic amines) is 1. The molecule has 0 aromatic heterocycles. The van der Waals surface area contributed by atoms with Gasteiger partial charge in [0, 0.05) is 18.6 Å². The van der Waals surface area contributed by atoms with Crippen LogP contribution in [0.2, 0.25) is 0 Å². The Morgan fingerprint density at radius 3 is 2.53 bits per heavy atom. The highest BCUT2D eigenvalue weighted by molar-refractivity contribution is 5.68. The third-order valence-corrected chi connectivity index (χ3v) is 3.47. The Morgan fingerprint density at radius 1 is 1.47 bits per heavy atom. The summed E-state index contributed by atoms with van der Waals surface area (Å²) in [4.78, 5) is 14.2. The summed E-state index contributed by atoms with van der Waals surface area (Å²) < 4.78 is 5.53. The van der Waals surface area contributed by atoms with Gasteiger partial charge in [-0.2, -0.15) is 0 Å². The van der Waals surface area contributed by atoms with E-state index in [1.54, 1.807) is 0 Å². The second kappa shape index (κ2) is 5.70. The Kier molecular flexibility index (Phi) is 4.88. The molecule has 0 saturated carbocycles. The van der Waals surface area contributed by atoms with E-state index in [4.69, 9.17) is 10.5 Å². The molecular formula is C15H30N2O2. The van der Waals surface area contributed by atoms with Gasteiger partial charge in [0.05, 0.1) is 0 Å². The fourth-order valence-corrected chi connectivity index (χ4v) is 2.59. The number of rotatable bonds is 2. The van der Waals surface area contributed by atoms with E-state index in [0.717, 1.165) is 25.8 Å². The van der Waals surface area contributed by atoms with Crippen molar-refractivity contribution in [1.29, 1.82) is 0 Å². The molecule has 1 amide bonds. The molecule has 2 N–H and O–H groups in total. The Balaban J connectivity index is 2.79. The molecule has 0 radical (unpaired) electrons. The van der Waals surface area contributed by atoms with Crippen molar-refractivity contribution in [2.24, 2.45) is 11.1 Å². The van der Waals surface area contributed by atoms with E-state index in [0.29, 0.717) is 0 Å². The van der Waals surface area contributed by atoms with Gasteiger partial charge in [-0.15, -0.1) is 0 Å². The predicted molar refractivity (Wildman–Crippen MR) is 78.0 cm³/mol. The first-order valence-corrected chi connectivity index (χ1v) is 7.25. The van der Waals surface area contributed by atoms with Crippen molar-refractivity contribution in [1.82, 2.24) is 4.90 Å². The van der Waals surface area contributed by atoms with Gasteiger partial charge >= 0.3 is 6.09 Å². The number of hydrogen-bond acceptors (Lipinski definition) is 3. The number of hydrogen-bond donors (Lipinski definition) is 1. The average molecular weight is 270 g/mol. The van der Waals surface area contributed by atoms with Crippen LogP contribution in [0.4, 0.5) is 4.79 Å². The molecular weight excluding hydrogens is 240 g/mol. The minimum Gasteiger partial charge on any atom is -0.444 e. The van der Waals surface area contributed by atoms with Crippen LogP contribution in [0.25, 0.3) is 0 Å². The largest absolute Gasteiger partial charge is 0.444 e. The standard InChI is InChI=1S/C15H30N2O2/c1-11(16)9-12-7-8-15(5,6)10-17(12)13(18)19-14(2,3)4/h11-12H,7-10,16H2,1-6H3/t11-,12?/m0/s1. The van der Waals surface area contributed by atoms with Gasteiger partial charge in [0.1, 0.15) is 5.60 Å². The van der Waals surface area contributed by atoms with Crippen molar-refractivity contribution in [3.63, 3.8) is 0 Å². The van der Waals surface area contributed by atoms with Crippen LogP contribution in [0.1, 0.15) is 60.8 Å². The Bertz CT molecular complexity index is 319. The van der Waals surface area contributed by atoms with Gasteiger partial charge in [0.25, 0.3) is 0 Å². The number of carbonyl (C=O) groups excluding carboxylic acids is 1. The molecule has 112 valence electrons. The normalized spacial score (nSPS) is 25.0. The van der Waals surface area contributed by atoms with Crippen molar-refractivity contribution in [2.45, 2.75) is 78.5 Å². The van der Waals surface area contributed by atoms with E-state index < -0.39 is 5.60 Å². The molecule has 4 heteroatoms. The Hall–Kier alpha value is -0.770. The van der Waals surface area contributed by atoms with Crippen LogP contribution in [0.3, 0.4) is 0 Å². The van der Waals surface area contributed by atoms with E-state index in [9.17, 15) is 4.79 Å². The van der Waals surface area contributed by atoms with Gasteiger partial charge in [-0.25, -0.2) is 4.79 Å². The zero-order valence-corrected chi connectivity index (χ0v) is 13.3. The molecule has 4 nitrogen and oxygen atoms in total. The van der Waals surface area contributed by atoms with E-state index in [-0.39, 0.29) is 23.6 Å². The lowest BCUT2D eigenvalue weighted by molar-refractivity contribution is -0.00940. The van der Waals surface area contributed by atoms with Gasteiger partial charge in [-0.1, -0.05) is 13.8 Å². The summed E-state index contributed by atoms with van der Waals surface area (Å²) in [6.45, 7) is 12.9. The van der Waals surface area contributed by atoms with Crippen LogP contribution >= 0.6 is 0 Å². The molecule has 1 heterocycles. The van der Waals surface area contributed by atoms with Crippen LogP contribution in [-0.2, 0) is 4.74 Å². The zero-order chi connectivity index (χ0) is 14.8. The lowest BCUT2D eigenvalue weighted by Crippen LogP contribution is -2.52. The quantitative estimate of drug-likeness (QED) is 0.838. The van der Waals surface area contributed by atoms with Gasteiger partial charge in [0.15, 0.2) is 0 Å². The van der Waals surface area contributed by atoms with Crippen molar-refractivity contribution in [3.05, 3.63) is 0 Å². The number of amides is 1. The molecule has 19 heavy (non-hydrogen) atoms. The Morgan fingerprint density at radius 2 is 2.05 bits per heavy atom. The highest BCUT2D eigenvalue weighted by Gasteiger charge is 2.37. The van der Waals surface area contributed by atoms with Crippen LogP contribution in [0, 0.1) is 5.41 Å². The molecule has 0 aromatic rings. The Labute approximate surface area is 117 Å². The second-order valence-electron chi connectivity index (χ2n) is 7.68. The number of piperidine rings is 1. The van der Waals surface area contributed by atoms with Gasteiger partial charge in [-0.05, 0) is 52.4 Å². The molecule has 1 saturated heterocycles. The van der Waals surface area contributed by atoms with Crippen molar-refractivity contribution in [2.75, 3.05) is 6.54 Å².